The van der Waals surface area contributed by atoms with Gasteiger partial charge in [-0.2, -0.15) is 0 Å². The Kier molecular flexibility index (Phi) is 6.22. The summed E-state index contributed by atoms with van der Waals surface area (Å²) in [5.74, 6) is 2.95. The number of ether oxygens (including phenoxy) is 2. The summed E-state index contributed by atoms with van der Waals surface area (Å²) in [4.78, 5) is 2.33. The van der Waals surface area contributed by atoms with Crippen molar-refractivity contribution < 1.29 is 9.47 Å². The van der Waals surface area contributed by atoms with E-state index in [9.17, 15) is 0 Å². The second-order valence-corrected chi connectivity index (χ2v) is 13.8. The average Bonchev–Trinajstić information content (AvgIpc) is 3.26. The van der Waals surface area contributed by atoms with Crippen LogP contribution in [0.5, 0.6) is 23.0 Å². The molecule has 1 aliphatic heterocycles. The molecule has 1 heterocycles. The fraction of sp³-hybridized carbons (Fsp3) is 0.0638. The van der Waals surface area contributed by atoms with E-state index in [4.69, 9.17) is 9.47 Å². The maximum atomic E-state index is 6.65. The van der Waals surface area contributed by atoms with Crippen LogP contribution in [0.25, 0.3) is 43.8 Å². The smallest absolute Gasteiger partial charge is 0.172 e. The van der Waals surface area contributed by atoms with E-state index in [1.807, 2.05) is 30.3 Å². The Bertz CT molecular complexity index is 2630. The van der Waals surface area contributed by atoms with Crippen LogP contribution in [0.2, 0.25) is 0 Å². The molecule has 2 aliphatic rings. The molecule has 0 N–H and O–H groups in total. The molecular weight excluding hydrogens is 611 g/mol. The first-order chi connectivity index (χ1) is 24.5. The van der Waals surface area contributed by atoms with Crippen LogP contribution in [-0.4, -0.2) is 0 Å². The summed E-state index contributed by atoms with van der Waals surface area (Å²) in [7, 11) is 0. The summed E-state index contributed by atoms with van der Waals surface area (Å²) < 4.78 is 13.1. The van der Waals surface area contributed by atoms with Crippen molar-refractivity contribution in [3.05, 3.63) is 175 Å². The predicted octanol–water partition coefficient (Wildman–Crippen LogP) is 13.3. The van der Waals surface area contributed by atoms with E-state index in [1.165, 1.54) is 44.2 Å². The van der Waals surface area contributed by atoms with Gasteiger partial charge >= 0.3 is 0 Å². The maximum absolute atomic E-state index is 6.65. The van der Waals surface area contributed by atoms with E-state index in [0.717, 1.165) is 39.3 Å². The van der Waals surface area contributed by atoms with Gasteiger partial charge in [0.2, 0.25) is 0 Å². The Balaban J connectivity index is 1.11. The van der Waals surface area contributed by atoms with Gasteiger partial charge in [-0.3, -0.25) is 0 Å². The van der Waals surface area contributed by atoms with Gasteiger partial charge < -0.3 is 14.4 Å². The molecule has 0 unspecified atom stereocenters. The highest BCUT2D eigenvalue weighted by Gasteiger charge is 2.35. The molecule has 0 fully saturated rings. The maximum Gasteiger partial charge on any atom is 0.172 e. The van der Waals surface area contributed by atoms with Gasteiger partial charge in [-0.05, 0) is 104 Å². The van der Waals surface area contributed by atoms with Gasteiger partial charge in [0, 0.05) is 22.9 Å². The van der Waals surface area contributed by atoms with Gasteiger partial charge in [0.05, 0.1) is 11.1 Å². The zero-order chi connectivity index (χ0) is 33.4. The summed E-state index contributed by atoms with van der Waals surface area (Å²) in [6.07, 6.45) is 0. The zero-order valence-electron chi connectivity index (χ0n) is 27.9. The molecule has 0 aromatic heterocycles. The summed E-state index contributed by atoms with van der Waals surface area (Å²) >= 11 is 0. The van der Waals surface area contributed by atoms with Gasteiger partial charge in [0.25, 0.3) is 0 Å². The molecular formula is C47H33NO2. The SMILES string of the molecule is CC1(C)c2ccccc2-c2ccc(N(c3ccc(-c4ccc5ccccc5c4)cc3)c3ccc4c(c3)Oc3cccc5cccc(c35)O4)cc21. The molecule has 3 nitrogen and oxygen atoms in total. The molecule has 238 valence electrons. The Morgan fingerprint density at radius 1 is 0.400 bits per heavy atom. The molecule has 1 aliphatic carbocycles. The highest BCUT2D eigenvalue weighted by Crippen LogP contribution is 2.52. The average molecular weight is 644 g/mol. The highest BCUT2D eigenvalue weighted by atomic mass is 16.5. The molecule has 8 aromatic rings. The van der Waals surface area contributed by atoms with Gasteiger partial charge in [-0.25, -0.2) is 0 Å². The van der Waals surface area contributed by atoms with E-state index in [2.05, 4.69) is 152 Å². The second-order valence-electron chi connectivity index (χ2n) is 13.8. The number of nitrogens with zero attached hydrogens (tertiary/aromatic N) is 1. The Morgan fingerprint density at radius 3 is 1.84 bits per heavy atom. The van der Waals surface area contributed by atoms with Crippen molar-refractivity contribution >= 4 is 38.6 Å². The van der Waals surface area contributed by atoms with Crippen molar-refractivity contribution in [3.8, 4) is 45.3 Å². The summed E-state index contributed by atoms with van der Waals surface area (Å²) in [6.45, 7) is 4.66. The topological polar surface area (TPSA) is 21.7 Å². The number of fused-ring (bicyclic) bond motifs is 5. The van der Waals surface area contributed by atoms with Crippen molar-refractivity contribution in [2.45, 2.75) is 19.3 Å². The first-order valence-electron chi connectivity index (χ1n) is 17.2. The third kappa shape index (κ3) is 4.44. The standard InChI is InChI=1S/C47H33NO2/c1-47(2)40-14-6-5-13-38(40)39-25-23-36(28-41(39)47)48(35-21-19-31(20-22-35)34-18-17-30-9-3-4-10-33(30)27-34)37-24-26-42-45(29-37)50-44-16-8-12-32-11-7-15-43(49-42)46(32)44/h3-29H,1-2H3. The van der Waals surface area contributed by atoms with Crippen LogP contribution in [0, 0.1) is 0 Å². The Hall–Kier alpha value is -6.32. The highest BCUT2D eigenvalue weighted by molar-refractivity contribution is 5.95. The number of benzene rings is 8. The summed E-state index contributed by atoms with van der Waals surface area (Å²) in [5.41, 5.74) is 10.7. The van der Waals surface area contributed by atoms with E-state index in [0.29, 0.717) is 11.5 Å². The molecule has 0 spiro atoms. The van der Waals surface area contributed by atoms with Crippen LogP contribution >= 0.6 is 0 Å². The molecule has 0 atom stereocenters. The molecule has 8 aromatic carbocycles. The minimum atomic E-state index is -0.122. The number of hydrogen-bond acceptors (Lipinski definition) is 3. The van der Waals surface area contributed by atoms with Crippen molar-refractivity contribution in [2.75, 3.05) is 4.90 Å². The first kappa shape index (κ1) is 28.7. The predicted molar refractivity (Wildman–Crippen MR) is 206 cm³/mol. The van der Waals surface area contributed by atoms with Gasteiger partial charge in [-0.1, -0.05) is 117 Å². The fourth-order valence-electron chi connectivity index (χ4n) is 7.93. The molecule has 50 heavy (non-hydrogen) atoms. The minimum Gasteiger partial charge on any atom is -0.453 e. The lowest BCUT2D eigenvalue weighted by molar-refractivity contribution is 0.439. The molecule has 0 amide bonds. The minimum absolute atomic E-state index is 0.122. The number of hydrogen-bond donors (Lipinski definition) is 0. The van der Waals surface area contributed by atoms with Gasteiger partial charge in [0.1, 0.15) is 11.5 Å². The molecule has 0 bridgehead atoms. The number of anilines is 3. The van der Waals surface area contributed by atoms with Crippen LogP contribution in [-0.2, 0) is 5.41 Å². The summed E-state index contributed by atoms with van der Waals surface area (Å²) in [6, 6.07) is 58.3. The Morgan fingerprint density at radius 2 is 1.02 bits per heavy atom. The van der Waals surface area contributed by atoms with E-state index in [-0.39, 0.29) is 5.41 Å². The van der Waals surface area contributed by atoms with Crippen molar-refractivity contribution in [3.63, 3.8) is 0 Å². The first-order valence-corrected chi connectivity index (χ1v) is 17.2. The van der Waals surface area contributed by atoms with Gasteiger partial charge in [-0.15, -0.1) is 0 Å². The van der Waals surface area contributed by atoms with Crippen LogP contribution in [0.4, 0.5) is 17.1 Å². The third-order valence-corrected chi connectivity index (χ3v) is 10.5. The quantitative estimate of drug-likeness (QED) is 0.190. The largest absolute Gasteiger partial charge is 0.453 e. The second kappa shape index (κ2) is 10.8. The molecule has 0 saturated heterocycles. The van der Waals surface area contributed by atoms with Crippen LogP contribution in [0.3, 0.4) is 0 Å². The van der Waals surface area contributed by atoms with Crippen molar-refractivity contribution in [1.29, 1.82) is 0 Å². The van der Waals surface area contributed by atoms with Crippen molar-refractivity contribution in [2.24, 2.45) is 0 Å². The van der Waals surface area contributed by atoms with E-state index >= 15 is 0 Å². The lowest BCUT2D eigenvalue weighted by Crippen LogP contribution is -2.16. The molecule has 3 heteroatoms. The fourth-order valence-corrected chi connectivity index (χ4v) is 7.93. The Labute approximate surface area is 291 Å². The normalized spacial score (nSPS) is 13.5. The lowest BCUT2D eigenvalue weighted by atomic mass is 9.82. The van der Waals surface area contributed by atoms with E-state index < -0.39 is 0 Å². The monoisotopic (exact) mass is 643 g/mol. The van der Waals surface area contributed by atoms with Crippen LogP contribution < -0.4 is 14.4 Å². The van der Waals surface area contributed by atoms with E-state index in [1.54, 1.807) is 0 Å². The number of rotatable bonds is 4. The van der Waals surface area contributed by atoms with Crippen LogP contribution in [0.1, 0.15) is 25.0 Å². The van der Waals surface area contributed by atoms with Gasteiger partial charge in [0.15, 0.2) is 11.5 Å². The summed E-state index contributed by atoms with van der Waals surface area (Å²) in [5, 5.41) is 4.55. The molecule has 0 saturated carbocycles. The molecule has 10 rings (SSSR count). The molecule has 0 radical (unpaired) electrons. The lowest BCUT2D eigenvalue weighted by Gasteiger charge is -2.28. The van der Waals surface area contributed by atoms with Crippen LogP contribution in [0.15, 0.2) is 164 Å². The van der Waals surface area contributed by atoms with Crippen molar-refractivity contribution in [1.82, 2.24) is 0 Å². The zero-order valence-corrected chi connectivity index (χ0v) is 27.9. The third-order valence-electron chi connectivity index (χ3n) is 10.5.